The Morgan fingerprint density at radius 3 is 2.20 bits per heavy atom. The van der Waals surface area contributed by atoms with Crippen molar-refractivity contribution >= 4 is 47.8 Å². The van der Waals surface area contributed by atoms with E-state index in [4.69, 9.17) is 0 Å². The molecule has 2 aromatic rings. The van der Waals surface area contributed by atoms with Crippen LogP contribution in [-0.2, 0) is 0 Å². The highest BCUT2D eigenvalue weighted by Crippen LogP contribution is 2.28. The molecule has 1 N–H and O–H groups in total. The van der Waals surface area contributed by atoms with Gasteiger partial charge in [-0.25, -0.2) is 0 Å². The van der Waals surface area contributed by atoms with Crippen molar-refractivity contribution in [2.45, 2.75) is 25.9 Å². The molecule has 0 saturated carbocycles. The van der Waals surface area contributed by atoms with Crippen LogP contribution in [0.25, 0.3) is 0 Å². The monoisotopic (exact) mass is 459 g/mol. The molecule has 0 amide bonds. The molecule has 4 heteroatoms. The molecule has 2 atom stereocenters. The molecule has 20 heavy (non-hydrogen) atoms. The molecule has 0 saturated heterocycles. The van der Waals surface area contributed by atoms with Crippen molar-refractivity contribution in [1.29, 1.82) is 0 Å². The second-order valence-electron chi connectivity index (χ2n) is 4.83. The molecule has 106 valence electrons. The van der Waals surface area contributed by atoms with E-state index in [-0.39, 0.29) is 12.1 Å². The van der Waals surface area contributed by atoms with Crippen LogP contribution in [0.1, 0.15) is 37.1 Å². The third-order valence-corrected chi connectivity index (χ3v) is 4.95. The summed E-state index contributed by atoms with van der Waals surface area (Å²) in [5, 5.41) is 3.63. The highest BCUT2D eigenvalue weighted by atomic mass is 79.9. The largest absolute Gasteiger partial charge is 0.304 e. The Kier molecular flexibility index (Phi) is 5.84. The molecule has 0 bridgehead atoms. The zero-order valence-corrected chi connectivity index (χ0v) is 16.1. The van der Waals surface area contributed by atoms with Gasteiger partial charge in [0.25, 0.3) is 0 Å². The molecule has 0 aliphatic heterocycles. The van der Waals surface area contributed by atoms with E-state index < -0.39 is 0 Å². The van der Waals surface area contributed by atoms with Crippen molar-refractivity contribution < 1.29 is 0 Å². The molecule has 0 aliphatic carbocycles. The van der Waals surface area contributed by atoms with E-state index in [1.165, 1.54) is 11.1 Å². The van der Waals surface area contributed by atoms with Crippen LogP contribution in [0, 0.1) is 0 Å². The van der Waals surface area contributed by atoms with Crippen molar-refractivity contribution in [2.75, 3.05) is 0 Å². The van der Waals surface area contributed by atoms with Crippen molar-refractivity contribution in [2.24, 2.45) is 0 Å². The van der Waals surface area contributed by atoms with E-state index in [9.17, 15) is 0 Å². The molecule has 0 aliphatic rings. The number of hydrogen-bond acceptors (Lipinski definition) is 1. The zero-order valence-electron chi connectivity index (χ0n) is 11.3. The van der Waals surface area contributed by atoms with Crippen LogP contribution in [0.3, 0.4) is 0 Å². The van der Waals surface area contributed by atoms with Gasteiger partial charge in [0.15, 0.2) is 0 Å². The minimum absolute atomic E-state index is 0.270. The minimum Gasteiger partial charge on any atom is -0.304 e. The quantitative estimate of drug-likeness (QED) is 0.556. The van der Waals surface area contributed by atoms with Crippen molar-refractivity contribution in [1.82, 2.24) is 5.32 Å². The lowest BCUT2D eigenvalue weighted by molar-refractivity contribution is 0.493. The Labute approximate surface area is 145 Å². The summed E-state index contributed by atoms with van der Waals surface area (Å²) in [7, 11) is 0. The van der Waals surface area contributed by atoms with Crippen LogP contribution in [0.15, 0.2) is 55.9 Å². The van der Waals surface area contributed by atoms with E-state index in [1.807, 2.05) is 6.07 Å². The number of hydrogen-bond donors (Lipinski definition) is 1. The first-order valence-electron chi connectivity index (χ1n) is 6.44. The van der Waals surface area contributed by atoms with E-state index in [0.29, 0.717) is 0 Å². The molecular weight excluding hydrogens is 446 g/mol. The fraction of sp³-hybridized carbons (Fsp3) is 0.250. The molecular formula is C16H16Br3N. The van der Waals surface area contributed by atoms with Gasteiger partial charge in [-0.05, 0) is 49.2 Å². The van der Waals surface area contributed by atoms with Crippen molar-refractivity contribution in [3.8, 4) is 0 Å². The van der Waals surface area contributed by atoms with E-state index in [1.54, 1.807) is 0 Å². The number of rotatable bonds is 4. The lowest BCUT2D eigenvalue weighted by Gasteiger charge is -2.22. The molecule has 0 aromatic heterocycles. The summed E-state index contributed by atoms with van der Waals surface area (Å²) >= 11 is 10.6. The van der Waals surface area contributed by atoms with Gasteiger partial charge in [0.05, 0.1) is 0 Å². The highest BCUT2D eigenvalue weighted by molar-refractivity contribution is 9.11. The smallest absolute Gasteiger partial charge is 0.0308 e. The molecule has 2 rings (SSSR count). The summed E-state index contributed by atoms with van der Waals surface area (Å²) in [5.41, 5.74) is 2.54. The van der Waals surface area contributed by atoms with Crippen LogP contribution in [-0.4, -0.2) is 0 Å². The summed E-state index contributed by atoms with van der Waals surface area (Å²) < 4.78 is 3.31. The first-order valence-corrected chi connectivity index (χ1v) is 8.81. The Bertz CT molecular complexity index is 598. The topological polar surface area (TPSA) is 12.0 Å². The lowest BCUT2D eigenvalue weighted by atomic mass is 10.0. The average Bonchev–Trinajstić information content (AvgIpc) is 2.38. The van der Waals surface area contributed by atoms with Gasteiger partial charge in [0, 0.05) is 25.5 Å². The number of nitrogens with one attached hydrogen (secondary N) is 1. The minimum atomic E-state index is 0.270. The number of halogens is 3. The van der Waals surface area contributed by atoms with Gasteiger partial charge in [-0.15, -0.1) is 0 Å². The fourth-order valence-electron chi connectivity index (χ4n) is 2.19. The Morgan fingerprint density at radius 1 is 0.850 bits per heavy atom. The van der Waals surface area contributed by atoms with Crippen LogP contribution >= 0.6 is 47.8 Å². The van der Waals surface area contributed by atoms with E-state index in [2.05, 4.69) is 103 Å². The highest BCUT2D eigenvalue weighted by Gasteiger charge is 2.13. The zero-order chi connectivity index (χ0) is 14.7. The van der Waals surface area contributed by atoms with Gasteiger partial charge >= 0.3 is 0 Å². The maximum absolute atomic E-state index is 3.63. The molecule has 1 nitrogen and oxygen atoms in total. The molecule has 1 unspecified atom stereocenters. The molecule has 0 heterocycles. The maximum atomic E-state index is 3.63. The Balaban J connectivity index is 2.12. The molecule has 0 spiro atoms. The van der Waals surface area contributed by atoms with Crippen LogP contribution in [0.5, 0.6) is 0 Å². The summed E-state index contributed by atoms with van der Waals surface area (Å²) in [5.74, 6) is 0. The fourth-order valence-corrected chi connectivity index (χ4v) is 4.00. The summed E-state index contributed by atoms with van der Waals surface area (Å²) in [6.45, 7) is 4.37. The third kappa shape index (κ3) is 4.17. The molecule has 0 radical (unpaired) electrons. The van der Waals surface area contributed by atoms with E-state index >= 15 is 0 Å². The average molecular weight is 462 g/mol. The van der Waals surface area contributed by atoms with Gasteiger partial charge in [0.1, 0.15) is 0 Å². The second kappa shape index (κ2) is 7.21. The normalized spacial score (nSPS) is 14.1. The van der Waals surface area contributed by atoms with Crippen LogP contribution in [0.2, 0.25) is 0 Å². The molecule has 2 aromatic carbocycles. The van der Waals surface area contributed by atoms with Gasteiger partial charge in [0.2, 0.25) is 0 Å². The Hall–Kier alpha value is -0.160. The second-order valence-corrected chi connectivity index (χ2v) is 7.52. The third-order valence-electron chi connectivity index (χ3n) is 3.28. The van der Waals surface area contributed by atoms with Gasteiger partial charge in [-0.3, -0.25) is 0 Å². The van der Waals surface area contributed by atoms with Crippen molar-refractivity contribution in [3.63, 3.8) is 0 Å². The molecule has 0 fully saturated rings. The van der Waals surface area contributed by atoms with Gasteiger partial charge in [-0.1, -0.05) is 66.0 Å². The van der Waals surface area contributed by atoms with E-state index in [0.717, 1.165) is 13.4 Å². The lowest BCUT2D eigenvalue weighted by Crippen LogP contribution is -2.22. The summed E-state index contributed by atoms with van der Waals surface area (Å²) in [6, 6.07) is 15.3. The van der Waals surface area contributed by atoms with Crippen LogP contribution in [0.4, 0.5) is 0 Å². The predicted molar refractivity (Wildman–Crippen MR) is 95.9 cm³/mol. The summed E-state index contributed by atoms with van der Waals surface area (Å²) in [4.78, 5) is 0. The van der Waals surface area contributed by atoms with Crippen molar-refractivity contribution in [3.05, 3.63) is 67.0 Å². The first-order chi connectivity index (χ1) is 9.47. The van der Waals surface area contributed by atoms with Gasteiger partial charge in [-0.2, -0.15) is 0 Å². The summed E-state index contributed by atoms with van der Waals surface area (Å²) in [6.07, 6.45) is 0. The maximum Gasteiger partial charge on any atom is 0.0308 e. The predicted octanol–water partition coefficient (Wildman–Crippen LogP) is 6.39. The van der Waals surface area contributed by atoms with Crippen LogP contribution < -0.4 is 5.32 Å². The first kappa shape index (κ1) is 16.2. The van der Waals surface area contributed by atoms with Gasteiger partial charge < -0.3 is 5.32 Å². The standard InChI is InChI=1S/C16H16Br3N/c1-10(12-4-3-5-13(17)8-12)20-11(2)15-7-6-14(18)9-16(15)19/h3-11,20H,1-2H3/t10-,11?/m0/s1. The SMILES string of the molecule is CC(N[C@@H](C)c1cccc(Br)c1)c1ccc(Br)cc1Br. The Morgan fingerprint density at radius 2 is 1.55 bits per heavy atom. The number of benzene rings is 2.